The van der Waals surface area contributed by atoms with Crippen LogP contribution in [-0.2, 0) is 4.79 Å². The number of nitrogen functional groups attached to an aromatic ring is 1. The summed E-state index contributed by atoms with van der Waals surface area (Å²) in [6.07, 6.45) is 0. The predicted molar refractivity (Wildman–Crippen MR) is 76.1 cm³/mol. The van der Waals surface area contributed by atoms with Crippen molar-refractivity contribution < 1.29 is 9.53 Å². The summed E-state index contributed by atoms with van der Waals surface area (Å²) in [5.41, 5.74) is 6.28. The van der Waals surface area contributed by atoms with Gasteiger partial charge in [0.15, 0.2) is 5.82 Å². The van der Waals surface area contributed by atoms with Crippen molar-refractivity contribution in [3.05, 3.63) is 12.1 Å². The number of nitrogens with two attached hydrogens (primary N) is 1. The first-order valence-corrected chi connectivity index (χ1v) is 6.28. The third kappa shape index (κ3) is 4.65. The number of hydrogen-bond donors (Lipinski definition) is 3. The summed E-state index contributed by atoms with van der Waals surface area (Å²) < 4.78 is 5.02. The van der Waals surface area contributed by atoms with Crippen LogP contribution in [0.2, 0.25) is 0 Å². The second-order valence-electron chi connectivity index (χ2n) is 4.80. The van der Waals surface area contributed by atoms with E-state index in [1.54, 1.807) is 19.1 Å². The molecule has 0 aliphatic rings. The first-order valence-electron chi connectivity index (χ1n) is 6.28. The minimum Gasteiger partial charge on any atom is -0.481 e. The van der Waals surface area contributed by atoms with E-state index in [1.807, 2.05) is 13.8 Å². The summed E-state index contributed by atoms with van der Waals surface area (Å²) in [6, 6.07) is 2.94. The first-order chi connectivity index (χ1) is 8.93. The molecule has 6 nitrogen and oxygen atoms in total. The lowest BCUT2D eigenvalue weighted by Gasteiger charge is -2.17. The van der Waals surface area contributed by atoms with Gasteiger partial charge in [-0.1, -0.05) is 13.8 Å². The van der Waals surface area contributed by atoms with Gasteiger partial charge in [-0.2, -0.15) is 4.98 Å². The maximum Gasteiger partial charge on any atom is 0.242 e. The van der Waals surface area contributed by atoms with Crippen molar-refractivity contribution in [2.24, 2.45) is 5.92 Å². The zero-order valence-electron chi connectivity index (χ0n) is 11.9. The molecule has 0 bridgehead atoms. The molecular weight excluding hydrogens is 244 g/mol. The van der Waals surface area contributed by atoms with Gasteiger partial charge in [-0.25, -0.2) is 0 Å². The molecule has 0 aliphatic heterocycles. The Morgan fingerprint density at radius 3 is 2.68 bits per heavy atom. The third-order valence-electron chi connectivity index (χ3n) is 2.54. The van der Waals surface area contributed by atoms with E-state index in [1.165, 1.54) is 7.11 Å². The minimum absolute atomic E-state index is 0.0854. The van der Waals surface area contributed by atoms with E-state index in [4.69, 9.17) is 10.5 Å². The molecule has 4 N–H and O–H groups in total. The molecule has 0 radical (unpaired) electrons. The number of carbonyl (C=O) groups excluding carboxylic acids is 1. The van der Waals surface area contributed by atoms with Gasteiger partial charge in [0.1, 0.15) is 6.04 Å². The van der Waals surface area contributed by atoms with Crippen LogP contribution in [0.15, 0.2) is 12.1 Å². The first kappa shape index (κ1) is 15.1. The van der Waals surface area contributed by atoms with Crippen LogP contribution in [0.3, 0.4) is 0 Å². The van der Waals surface area contributed by atoms with Gasteiger partial charge < -0.3 is 21.1 Å². The normalized spacial score (nSPS) is 12.1. The molecular formula is C13H22N4O2. The molecule has 1 aromatic heterocycles. The van der Waals surface area contributed by atoms with Crippen LogP contribution in [0, 0.1) is 5.92 Å². The number of ether oxygens (including phenoxy) is 1. The monoisotopic (exact) mass is 266 g/mol. The average Bonchev–Trinajstić information content (AvgIpc) is 2.38. The molecule has 1 amide bonds. The highest BCUT2D eigenvalue weighted by Gasteiger charge is 2.15. The molecule has 1 rings (SSSR count). The SMILES string of the molecule is COc1ccc(N)c(NC(C)C(=O)NCC(C)C)n1. The highest BCUT2D eigenvalue weighted by molar-refractivity contribution is 5.84. The molecule has 1 heterocycles. The van der Waals surface area contributed by atoms with Crippen LogP contribution in [0.1, 0.15) is 20.8 Å². The van der Waals surface area contributed by atoms with Crippen LogP contribution >= 0.6 is 0 Å². The lowest BCUT2D eigenvalue weighted by Crippen LogP contribution is -2.39. The molecule has 0 saturated heterocycles. The van der Waals surface area contributed by atoms with Gasteiger partial charge in [0.05, 0.1) is 12.8 Å². The fourth-order valence-corrected chi connectivity index (χ4v) is 1.41. The quantitative estimate of drug-likeness (QED) is 0.721. The third-order valence-corrected chi connectivity index (χ3v) is 2.54. The van der Waals surface area contributed by atoms with Crippen LogP contribution in [-0.4, -0.2) is 30.6 Å². The Morgan fingerprint density at radius 1 is 1.42 bits per heavy atom. The maximum atomic E-state index is 11.8. The van der Waals surface area contributed by atoms with E-state index in [9.17, 15) is 4.79 Å². The van der Waals surface area contributed by atoms with Gasteiger partial charge in [-0.15, -0.1) is 0 Å². The van der Waals surface area contributed by atoms with Gasteiger partial charge in [0, 0.05) is 12.6 Å². The molecule has 1 unspecified atom stereocenters. The number of aromatic nitrogens is 1. The largest absolute Gasteiger partial charge is 0.481 e. The Labute approximate surface area is 113 Å². The number of nitrogens with one attached hydrogen (secondary N) is 2. The molecule has 19 heavy (non-hydrogen) atoms. The molecule has 0 aromatic carbocycles. The number of amides is 1. The molecule has 1 aromatic rings. The summed E-state index contributed by atoms with van der Waals surface area (Å²) in [5, 5.41) is 5.83. The molecule has 106 valence electrons. The fraction of sp³-hybridized carbons (Fsp3) is 0.538. The van der Waals surface area contributed by atoms with Crippen molar-refractivity contribution >= 4 is 17.4 Å². The van der Waals surface area contributed by atoms with Crippen molar-refractivity contribution in [3.8, 4) is 5.88 Å². The number of rotatable bonds is 6. The number of carbonyl (C=O) groups is 1. The Morgan fingerprint density at radius 2 is 2.11 bits per heavy atom. The molecule has 0 aliphatic carbocycles. The van der Waals surface area contributed by atoms with Gasteiger partial charge in [0.25, 0.3) is 0 Å². The Balaban J connectivity index is 2.65. The summed E-state index contributed by atoms with van der Waals surface area (Å²) >= 11 is 0. The molecule has 0 spiro atoms. The van der Waals surface area contributed by atoms with Gasteiger partial charge in [-0.05, 0) is 18.9 Å². The van der Waals surface area contributed by atoms with E-state index in [-0.39, 0.29) is 5.91 Å². The smallest absolute Gasteiger partial charge is 0.242 e. The number of pyridine rings is 1. The second-order valence-corrected chi connectivity index (χ2v) is 4.80. The summed E-state index contributed by atoms with van der Waals surface area (Å²) in [6.45, 7) is 6.49. The maximum absolute atomic E-state index is 11.8. The zero-order valence-corrected chi connectivity index (χ0v) is 11.9. The molecule has 1 atom stereocenters. The van der Waals surface area contributed by atoms with E-state index < -0.39 is 6.04 Å². The Hall–Kier alpha value is -1.98. The predicted octanol–water partition coefficient (Wildman–Crippen LogP) is 1.24. The molecule has 6 heteroatoms. The van der Waals surface area contributed by atoms with E-state index in [2.05, 4.69) is 15.6 Å². The summed E-state index contributed by atoms with van der Waals surface area (Å²) in [4.78, 5) is 16.0. The lowest BCUT2D eigenvalue weighted by molar-refractivity contribution is -0.121. The molecule has 0 saturated carbocycles. The van der Waals surface area contributed by atoms with E-state index >= 15 is 0 Å². The lowest BCUT2D eigenvalue weighted by atomic mass is 10.2. The summed E-state index contributed by atoms with van der Waals surface area (Å²) in [5.74, 6) is 1.23. The van der Waals surface area contributed by atoms with Crippen molar-refractivity contribution in [3.63, 3.8) is 0 Å². The van der Waals surface area contributed by atoms with Crippen LogP contribution in [0.5, 0.6) is 5.88 Å². The number of nitrogens with zero attached hydrogens (tertiary/aromatic N) is 1. The highest BCUT2D eigenvalue weighted by atomic mass is 16.5. The molecule has 0 fully saturated rings. The van der Waals surface area contributed by atoms with E-state index in [0.29, 0.717) is 29.8 Å². The van der Waals surface area contributed by atoms with Crippen LogP contribution in [0.4, 0.5) is 11.5 Å². The van der Waals surface area contributed by atoms with Gasteiger partial charge in [0.2, 0.25) is 11.8 Å². The van der Waals surface area contributed by atoms with Gasteiger partial charge in [-0.3, -0.25) is 4.79 Å². The topological polar surface area (TPSA) is 89.3 Å². The standard InChI is InChI=1S/C13H22N4O2/c1-8(2)7-15-13(18)9(3)16-12-10(14)5-6-11(17-12)19-4/h5-6,8-9H,7,14H2,1-4H3,(H,15,18)(H,16,17). The van der Waals surface area contributed by atoms with E-state index in [0.717, 1.165) is 0 Å². The fourth-order valence-electron chi connectivity index (χ4n) is 1.41. The van der Waals surface area contributed by atoms with Crippen molar-refractivity contribution in [2.45, 2.75) is 26.8 Å². The highest BCUT2D eigenvalue weighted by Crippen LogP contribution is 2.20. The number of methoxy groups -OCH3 is 1. The van der Waals surface area contributed by atoms with Crippen LogP contribution in [0.25, 0.3) is 0 Å². The number of anilines is 2. The van der Waals surface area contributed by atoms with Crippen molar-refractivity contribution in [2.75, 3.05) is 24.7 Å². The zero-order chi connectivity index (χ0) is 14.4. The second kappa shape index (κ2) is 6.82. The van der Waals surface area contributed by atoms with Gasteiger partial charge >= 0.3 is 0 Å². The Bertz CT molecular complexity index is 435. The van der Waals surface area contributed by atoms with Crippen molar-refractivity contribution in [1.82, 2.24) is 10.3 Å². The average molecular weight is 266 g/mol. The summed E-state index contributed by atoms with van der Waals surface area (Å²) in [7, 11) is 1.53. The van der Waals surface area contributed by atoms with Crippen LogP contribution < -0.4 is 21.1 Å². The minimum atomic E-state index is -0.416. The number of hydrogen-bond acceptors (Lipinski definition) is 5. The Kier molecular flexibility index (Phi) is 5.41. The van der Waals surface area contributed by atoms with Crippen molar-refractivity contribution in [1.29, 1.82) is 0 Å².